The van der Waals surface area contributed by atoms with E-state index in [1.807, 2.05) is 6.92 Å². The second-order valence-corrected chi connectivity index (χ2v) is 10.7. The summed E-state index contributed by atoms with van der Waals surface area (Å²) in [6.45, 7) is 1.91. The van der Waals surface area contributed by atoms with E-state index in [9.17, 15) is 35.1 Å². The minimum absolute atomic E-state index is 0.117. The van der Waals surface area contributed by atoms with E-state index >= 15 is 0 Å². The van der Waals surface area contributed by atoms with Gasteiger partial charge in [0.2, 0.25) is 0 Å². The van der Waals surface area contributed by atoms with E-state index in [2.05, 4.69) is 4.74 Å². The summed E-state index contributed by atoms with van der Waals surface area (Å²) in [5, 5.41) is 0. The van der Waals surface area contributed by atoms with Crippen LogP contribution >= 0.6 is 0 Å². The second-order valence-electron chi connectivity index (χ2n) is 10.7. The molecular formula is C29H32F8O2. The largest absolute Gasteiger partial charge is 0.432 e. The normalized spacial score (nSPS) is 24.5. The van der Waals surface area contributed by atoms with Gasteiger partial charge in [-0.2, -0.15) is 17.6 Å². The van der Waals surface area contributed by atoms with Crippen LogP contribution in [0.25, 0.3) is 0 Å². The average molecular weight is 565 g/mol. The van der Waals surface area contributed by atoms with Crippen LogP contribution < -0.4 is 4.74 Å². The molecule has 0 saturated heterocycles. The number of hydrogen-bond acceptors (Lipinski definition) is 2. The molecule has 0 N–H and O–H groups in total. The second kappa shape index (κ2) is 12.0. The van der Waals surface area contributed by atoms with E-state index in [0.717, 1.165) is 18.6 Å². The number of halogens is 8. The molecule has 2 aromatic carbocycles. The molecule has 2 fully saturated rings. The SMILES string of the molecule is CCCc1ccc(C(F)(F)OC2CCC(C3CCC(C(F)(F)Oc4cc(F)c(F)c(F)c4)CC3)CC2)c(F)c1. The van der Waals surface area contributed by atoms with Gasteiger partial charge >= 0.3 is 12.2 Å². The Kier molecular flexibility index (Phi) is 9.13. The molecule has 10 heteroatoms. The van der Waals surface area contributed by atoms with E-state index < -0.39 is 58.8 Å². The molecule has 0 aromatic heterocycles. The molecule has 2 aromatic rings. The lowest BCUT2D eigenvalue weighted by Gasteiger charge is -2.39. The third-order valence-electron chi connectivity index (χ3n) is 8.04. The van der Waals surface area contributed by atoms with Crippen LogP contribution in [0.5, 0.6) is 5.75 Å². The van der Waals surface area contributed by atoms with Crippen molar-refractivity contribution in [2.45, 2.75) is 89.5 Å². The number of rotatable bonds is 9. The van der Waals surface area contributed by atoms with Crippen LogP contribution in [0.1, 0.15) is 75.8 Å². The van der Waals surface area contributed by atoms with Crippen molar-refractivity contribution in [2.75, 3.05) is 0 Å². The molecule has 2 aliphatic rings. The Labute approximate surface area is 222 Å². The predicted molar refractivity (Wildman–Crippen MR) is 128 cm³/mol. The van der Waals surface area contributed by atoms with E-state index in [-0.39, 0.29) is 24.7 Å². The van der Waals surface area contributed by atoms with Gasteiger partial charge in [0, 0.05) is 12.1 Å². The highest BCUT2D eigenvalue weighted by Gasteiger charge is 2.46. The van der Waals surface area contributed by atoms with Gasteiger partial charge in [0.05, 0.1) is 17.6 Å². The summed E-state index contributed by atoms with van der Waals surface area (Å²) in [6.07, 6.45) is -3.75. The van der Waals surface area contributed by atoms with E-state index in [4.69, 9.17) is 4.74 Å². The van der Waals surface area contributed by atoms with Gasteiger partial charge < -0.3 is 9.47 Å². The first kappa shape index (κ1) is 29.6. The first-order chi connectivity index (χ1) is 18.4. The lowest BCUT2D eigenvalue weighted by Crippen LogP contribution is -2.39. The molecule has 0 spiro atoms. The zero-order valence-corrected chi connectivity index (χ0v) is 21.6. The lowest BCUT2D eigenvalue weighted by molar-refractivity contribution is -0.279. The molecule has 2 nitrogen and oxygen atoms in total. The standard InChI is InChI=1S/C29H32F8O2/c1-2-3-17-4-13-23(24(30)14-17)29(36,37)38-21-11-7-19(8-12-21)18-5-9-20(10-6-18)28(34,35)39-22-15-25(31)27(33)26(32)16-22/h4,13-16,18-21H,2-3,5-12H2,1H3. The van der Waals surface area contributed by atoms with Gasteiger partial charge in [0.1, 0.15) is 11.6 Å². The van der Waals surface area contributed by atoms with Crippen molar-refractivity contribution in [3.8, 4) is 5.75 Å². The summed E-state index contributed by atoms with van der Waals surface area (Å²) in [7, 11) is 0. The number of alkyl halides is 4. The van der Waals surface area contributed by atoms with Crippen molar-refractivity contribution in [1.29, 1.82) is 0 Å². The van der Waals surface area contributed by atoms with Crippen LogP contribution in [0, 0.1) is 41.0 Å². The van der Waals surface area contributed by atoms with Crippen molar-refractivity contribution in [3.63, 3.8) is 0 Å². The highest BCUT2D eigenvalue weighted by atomic mass is 19.3. The smallest absolute Gasteiger partial charge is 0.400 e. The number of benzene rings is 2. The summed E-state index contributed by atoms with van der Waals surface area (Å²) in [6, 6.07) is 4.45. The van der Waals surface area contributed by atoms with Crippen LogP contribution in [0.4, 0.5) is 35.1 Å². The number of hydrogen-bond donors (Lipinski definition) is 0. The summed E-state index contributed by atoms with van der Waals surface area (Å²) >= 11 is 0. The number of aryl methyl sites for hydroxylation is 1. The van der Waals surface area contributed by atoms with E-state index in [0.29, 0.717) is 62.6 Å². The predicted octanol–water partition coefficient (Wildman–Crippen LogP) is 9.30. The summed E-state index contributed by atoms with van der Waals surface area (Å²) < 4.78 is 123. The Morgan fingerprint density at radius 1 is 0.744 bits per heavy atom. The number of ether oxygens (including phenoxy) is 2. The molecule has 0 aliphatic heterocycles. The first-order valence-corrected chi connectivity index (χ1v) is 13.5. The molecule has 216 valence electrons. The highest BCUT2D eigenvalue weighted by Crippen LogP contribution is 2.46. The summed E-state index contributed by atoms with van der Waals surface area (Å²) in [5.41, 5.74) is -0.135. The van der Waals surface area contributed by atoms with Crippen LogP contribution in [-0.4, -0.2) is 12.2 Å². The fourth-order valence-corrected chi connectivity index (χ4v) is 5.95. The van der Waals surface area contributed by atoms with Crippen LogP contribution in [0.2, 0.25) is 0 Å². The summed E-state index contributed by atoms with van der Waals surface area (Å²) in [5.74, 6) is -7.65. The molecule has 0 bridgehead atoms. The van der Waals surface area contributed by atoms with Crippen molar-refractivity contribution < 1.29 is 44.6 Å². The zero-order chi connectivity index (χ0) is 28.4. The van der Waals surface area contributed by atoms with Crippen LogP contribution in [-0.2, 0) is 17.3 Å². The molecule has 4 rings (SSSR count). The fourth-order valence-electron chi connectivity index (χ4n) is 5.95. The van der Waals surface area contributed by atoms with E-state index in [1.54, 1.807) is 0 Å². The first-order valence-electron chi connectivity index (χ1n) is 13.5. The topological polar surface area (TPSA) is 18.5 Å². The third-order valence-corrected chi connectivity index (χ3v) is 8.04. The van der Waals surface area contributed by atoms with Crippen molar-refractivity contribution in [3.05, 3.63) is 64.7 Å². The van der Waals surface area contributed by atoms with Gasteiger partial charge in [-0.15, -0.1) is 0 Å². The molecule has 0 amide bonds. The average Bonchev–Trinajstić information content (AvgIpc) is 2.87. The van der Waals surface area contributed by atoms with Gasteiger partial charge in [-0.05, 0) is 87.3 Å². The maximum atomic E-state index is 14.7. The maximum absolute atomic E-state index is 14.7. The van der Waals surface area contributed by atoms with Gasteiger partial charge in [0.15, 0.2) is 17.5 Å². The monoisotopic (exact) mass is 564 g/mol. The Hall–Kier alpha value is -2.36. The zero-order valence-electron chi connectivity index (χ0n) is 21.6. The molecule has 2 aliphatic carbocycles. The minimum Gasteiger partial charge on any atom is -0.432 e. The van der Waals surface area contributed by atoms with Crippen LogP contribution in [0.15, 0.2) is 30.3 Å². The molecule has 0 unspecified atom stereocenters. The van der Waals surface area contributed by atoms with Crippen LogP contribution in [0.3, 0.4) is 0 Å². The molecule has 0 heterocycles. The Morgan fingerprint density at radius 2 is 1.31 bits per heavy atom. The molecule has 39 heavy (non-hydrogen) atoms. The van der Waals surface area contributed by atoms with Gasteiger partial charge in [-0.1, -0.05) is 19.4 Å². The quantitative estimate of drug-likeness (QED) is 0.223. The van der Waals surface area contributed by atoms with Gasteiger partial charge in [-0.25, -0.2) is 17.6 Å². The Balaban J connectivity index is 1.26. The minimum atomic E-state index is -3.76. The molecule has 0 atom stereocenters. The Bertz CT molecular complexity index is 1100. The van der Waals surface area contributed by atoms with Crippen molar-refractivity contribution in [2.24, 2.45) is 17.8 Å². The van der Waals surface area contributed by atoms with Crippen molar-refractivity contribution in [1.82, 2.24) is 0 Å². The maximum Gasteiger partial charge on any atom is 0.400 e. The third kappa shape index (κ3) is 7.05. The molecular weight excluding hydrogens is 532 g/mol. The highest BCUT2D eigenvalue weighted by molar-refractivity contribution is 5.27. The van der Waals surface area contributed by atoms with Gasteiger partial charge in [-0.3, -0.25) is 0 Å². The molecule has 0 radical (unpaired) electrons. The van der Waals surface area contributed by atoms with Gasteiger partial charge in [0.25, 0.3) is 0 Å². The summed E-state index contributed by atoms with van der Waals surface area (Å²) in [4.78, 5) is 0. The Morgan fingerprint density at radius 3 is 1.85 bits per heavy atom. The fraction of sp³-hybridized carbons (Fsp3) is 0.586. The molecule has 2 saturated carbocycles. The van der Waals surface area contributed by atoms with Crippen molar-refractivity contribution >= 4 is 0 Å². The lowest BCUT2D eigenvalue weighted by atomic mass is 9.70. The van der Waals surface area contributed by atoms with E-state index in [1.165, 1.54) is 6.07 Å².